The van der Waals surface area contributed by atoms with Gasteiger partial charge in [0.1, 0.15) is 17.2 Å². The number of benzene rings is 1. The summed E-state index contributed by atoms with van der Waals surface area (Å²) in [6, 6.07) is 4.46. The minimum Gasteiger partial charge on any atom is -0.411 e. The molecule has 29 heavy (non-hydrogen) atoms. The molecule has 0 saturated carbocycles. The number of aromatic nitrogens is 2. The third-order valence-corrected chi connectivity index (χ3v) is 6.72. The zero-order valence-electron chi connectivity index (χ0n) is 15.4. The number of hydrogen-bond acceptors (Lipinski definition) is 8. The molecule has 1 aromatic heterocycles. The second kappa shape index (κ2) is 9.74. The molecule has 1 aliphatic heterocycles. The summed E-state index contributed by atoms with van der Waals surface area (Å²) < 4.78 is 43.8. The summed E-state index contributed by atoms with van der Waals surface area (Å²) in [4.78, 5) is 5.10. The minimum atomic E-state index is -3.43. The molecular weight excluding hydrogens is 471 g/mol. The Balaban J connectivity index is 1.58. The third-order valence-electron chi connectivity index (χ3n) is 4.40. The first-order valence-corrected chi connectivity index (χ1v) is 11.4. The van der Waals surface area contributed by atoms with Crippen LogP contribution in [0, 0.1) is 5.82 Å². The summed E-state index contributed by atoms with van der Waals surface area (Å²) in [6.07, 6.45) is 2.22. The molecule has 158 valence electrons. The third kappa shape index (κ3) is 5.59. The molecule has 2 heterocycles. The van der Waals surface area contributed by atoms with E-state index in [-0.39, 0.29) is 17.9 Å². The molecule has 0 aliphatic carbocycles. The maximum Gasteiger partial charge on any atom is 0.236 e. The van der Waals surface area contributed by atoms with Crippen LogP contribution in [0.2, 0.25) is 0 Å². The Kier molecular flexibility index (Phi) is 7.33. The van der Waals surface area contributed by atoms with E-state index in [9.17, 15) is 18.0 Å². The van der Waals surface area contributed by atoms with Crippen LogP contribution in [-0.4, -0.2) is 53.0 Å². The predicted octanol–water partition coefficient (Wildman–Crippen LogP) is 2.68. The number of oxime groups is 1. The lowest BCUT2D eigenvalue weighted by molar-refractivity contribution is -0.0284. The van der Waals surface area contributed by atoms with Gasteiger partial charge in [0.25, 0.3) is 0 Å². The molecule has 1 aromatic carbocycles. The molecule has 1 aliphatic rings. The summed E-state index contributed by atoms with van der Waals surface area (Å²) in [5.74, 6) is -0.424. The van der Waals surface area contributed by atoms with Crippen LogP contribution < -0.4 is 0 Å². The predicted molar refractivity (Wildman–Crippen MR) is 104 cm³/mol. The van der Waals surface area contributed by atoms with E-state index in [1.54, 1.807) is 12.1 Å². The highest BCUT2D eigenvalue weighted by Gasteiger charge is 2.26. The highest BCUT2D eigenvalue weighted by atomic mass is 79.9. The lowest BCUT2D eigenvalue weighted by Crippen LogP contribution is -2.29. The Morgan fingerprint density at radius 3 is 2.86 bits per heavy atom. The molecule has 0 atom stereocenters. The summed E-state index contributed by atoms with van der Waals surface area (Å²) in [5, 5.41) is 20.3. The molecule has 1 saturated heterocycles. The molecule has 0 amide bonds. The molecule has 0 spiro atoms. The van der Waals surface area contributed by atoms with Gasteiger partial charge >= 0.3 is 0 Å². The maximum atomic E-state index is 13.4. The zero-order valence-corrected chi connectivity index (χ0v) is 17.8. The van der Waals surface area contributed by atoms with Crippen molar-refractivity contribution in [3.63, 3.8) is 0 Å². The number of nitrogens with zero attached hydrogens (tertiary/aromatic N) is 4. The summed E-state index contributed by atoms with van der Waals surface area (Å²) in [6.45, 7) is 0.802. The van der Waals surface area contributed by atoms with Gasteiger partial charge in [-0.2, -0.15) is 0 Å². The van der Waals surface area contributed by atoms with E-state index in [0.29, 0.717) is 60.3 Å². The Hall–Kier alpha value is -1.89. The second-order valence-corrected chi connectivity index (χ2v) is 9.35. The largest absolute Gasteiger partial charge is 0.411 e. The average molecular weight is 491 g/mol. The van der Waals surface area contributed by atoms with Crippen molar-refractivity contribution in [2.45, 2.75) is 32.1 Å². The normalized spacial score (nSPS) is 15.9. The van der Waals surface area contributed by atoms with Crippen molar-refractivity contribution in [1.82, 2.24) is 14.8 Å². The Labute approximate surface area is 175 Å². The van der Waals surface area contributed by atoms with Crippen molar-refractivity contribution in [2.75, 3.05) is 18.9 Å². The fourth-order valence-corrected chi connectivity index (χ4v) is 4.76. The van der Waals surface area contributed by atoms with E-state index in [0.717, 1.165) is 4.47 Å². The zero-order chi connectivity index (χ0) is 20.9. The lowest BCUT2D eigenvalue weighted by atomic mass is 10.0. The van der Waals surface area contributed by atoms with Gasteiger partial charge in [0.2, 0.25) is 10.0 Å². The number of sulfonamides is 1. The van der Waals surface area contributed by atoms with Gasteiger partial charge in [0.15, 0.2) is 5.69 Å². The van der Waals surface area contributed by atoms with Crippen LogP contribution in [0.1, 0.15) is 36.2 Å². The monoisotopic (exact) mass is 490 g/mol. The summed E-state index contributed by atoms with van der Waals surface area (Å²) >= 11 is 3.12. The molecule has 0 bridgehead atoms. The van der Waals surface area contributed by atoms with Crippen molar-refractivity contribution in [2.24, 2.45) is 5.16 Å². The van der Waals surface area contributed by atoms with Crippen LogP contribution in [0.15, 0.2) is 32.5 Å². The van der Waals surface area contributed by atoms with Crippen LogP contribution in [0.5, 0.6) is 0 Å². The number of halogens is 2. The molecule has 12 heteroatoms. The van der Waals surface area contributed by atoms with E-state index < -0.39 is 15.8 Å². The Morgan fingerprint density at radius 1 is 1.34 bits per heavy atom. The number of rotatable bonds is 9. The Bertz CT molecular complexity index is 976. The Morgan fingerprint density at radius 2 is 2.17 bits per heavy atom. The van der Waals surface area contributed by atoms with Gasteiger partial charge in [-0.3, -0.25) is 4.84 Å². The van der Waals surface area contributed by atoms with E-state index in [2.05, 4.69) is 31.4 Å². The molecule has 1 fully saturated rings. The number of unbranched alkanes of at least 4 members (excludes halogenated alkanes) is 1. The first-order chi connectivity index (χ1) is 13.9. The number of hydrogen-bond donors (Lipinski definition) is 1. The number of hydroxylamine groups is 1. The van der Waals surface area contributed by atoms with Crippen molar-refractivity contribution >= 4 is 31.7 Å². The van der Waals surface area contributed by atoms with Crippen LogP contribution in [0.3, 0.4) is 0 Å². The van der Waals surface area contributed by atoms with Crippen molar-refractivity contribution in [1.29, 1.82) is 0 Å². The SMILES string of the molecule is O=S(=O)(CCCCc1nonc1/C(Cc1ccc(F)c(Br)c1)=N/O)N1CCCO1. The van der Waals surface area contributed by atoms with Gasteiger partial charge in [-0.05, 0) is 64.5 Å². The molecule has 1 N–H and O–H groups in total. The lowest BCUT2D eigenvalue weighted by Gasteiger charge is -2.13. The van der Waals surface area contributed by atoms with Crippen LogP contribution in [-0.2, 0) is 27.7 Å². The molecule has 9 nitrogen and oxygen atoms in total. The van der Waals surface area contributed by atoms with Crippen LogP contribution in [0.25, 0.3) is 0 Å². The number of aryl methyl sites for hydroxylation is 1. The maximum absolute atomic E-state index is 13.4. The smallest absolute Gasteiger partial charge is 0.236 e. The second-order valence-electron chi connectivity index (χ2n) is 6.52. The summed E-state index contributed by atoms with van der Waals surface area (Å²) in [7, 11) is -3.43. The molecule has 0 unspecified atom stereocenters. The van der Waals surface area contributed by atoms with Gasteiger partial charge < -0.3 is 5.21 Å². The minimum absolute atomic E-state index is 0.0296. The fourth-order valence-electron chi connectivity index (χ4n) is 2.92. The van der Waals surface area contributed by atoms with Crippen molar-refractivity contribution in [3.05, 3.63) is 45.4 Å². The highest BCUT2D eigenvalue weighted by molar-refractivity contribution is 9.10. The average Bonchev–Trinajstić information content (AvgIpc) is 3.38. The van der Waals surface area contributed by atoms with Gasteiger partial charge in [-0.1, -0.05) is 20.8 Å². The standard InChI is InChI=1S/C17H20BrFN4O5S/c18-13-10-12(5-6-14(13)19)11-16(20-24)17-15(21-28-22-17)4-1-2-9-29(25,26)23-7-3-8-27-23/h5-6,10,24H,1-4,7-9,11H2/b20-16+. The topological polar surface area (TPSA) is 118 Å². The first-order valence-electron chi connectivity index (χ1n) is 9.00. The van der Waals surface area contributed by atoms with Crippen LogP contribution in [0.4, 0.5) is 4.39 Å². The van der Waals surface area contributed by atoms with Gasteiger partial charge in [0.05, 0.1) is 16.8 Å². The molecular formula is C17H20BrFN4O5S. The molecule has 2 aromatic rings. The summed E-state index contributed by atoms with van der Waals surface area (Å²) in [5.41, 5.74) is 1.68. The van der Waals surface area contributed by atoms with Gasteiger partial charge in [-0.25, -0.2) is 17.4 Å². The van der Waals surface area contributed by atoms with E-state index in [1.807, 2.05) is 0 Å². The van der Waals surface area contributed by atoms with E-state index in [4.69, 9.17) is 9.47 Å². The molecule has 0 radical (unpaired) electrons. The van der Waals surface area contributed by atoms with Crippen molar-refractivity contribution < 1.29 is 27.5 Å². The quantitative estimate of drug-likeness (QED) is 0.248. The van der Waals surface area contributed by atoms with E-state index in [1.165, 1.54) is 6.07 Å². The van der Waals surface area contributed by atoms with E-state index >= 15 is 0 Å². The molecule has 3 rings (SSSR count). The van der Waals surface area contributed by atoms with Gasteiger partial charge in [0, 0.05) is 13.0 Å². The van der Waals surface area contributed by atoms with Crippen molar-refractivity contribution in [3.8, 4) is 0 Å². The van der Waals surface area contributed by atoms with Gasteiger partial charge in [-0.15, -0.1) is 0 Å². The first kappa shape index (κ1) is 21.8. The fraction of sp³-hybridized carbons (Fsp3) is 0.471. The highest BCUT2D eigenvalue weighted by Crippen LogP contribution is 2.19. The van der Waals surface area contributed by atoms with Crippen LogP contribution >= 0.6 is 15.9 Å².